The van der Waals surface area contributed by atoms with Crippen molar-refractivity contribution in [3.63, 3.8) is 0 Å². The number of hydrogen-bond acceptors (Lipinski definition) is 3. The maximum atomic E-state index is 5.63. The van der Waals surface area contributed by atoms with Crippen LogP contribution in [0.1, 0.15) is 11.4 Å². The number of benzene rings is 1. The SMILES string of the molecule is Cc1c(CCN)nc(-c2ccc(N(C)C)cc2)n1C. The van der Waals surface area contributed by atoms with E-state index >= 15 is 0 Å². The molecule has 0 unspecified atom stereocenters. The Hall–Kier alpha value is -1.81. The van der Waals surface area contributed by atoms with Crippen LogP contribution in [0.4, 0.5) is 5.69 Å². The average molecular weight is 258 g/mol. The van der Waals surface area contributed by atoms with Crippen LogP contribution < -0.4 is 10.6 Å². The topological polar surface area (TPSA) is 47.1 Å². The first-order valence-electron chi connectivity index (χ1n) is 6.54. The molecule has 19 heavy (non-hydrogen) atoms. The Morgan fingerprint density at radius 1 is 1.21 bits per heavy atom. The summed E-state index contributed by atoms with van der Waals surface area (Å²) < 4.78 is 2.13. The molecule has 0 atom stereocenters. The second-order valence-electron chi connectivity index (χ2n) is 5.01. The van der Waals surface area contributed by atoms with Gasteiger partial charge >= 0.3 is 0 Å². The highest BCUT2D eigenvalue weighted by molar-refractivity contribution is 5.61. The number of nitrogens with zero attached hydrogens (tertiary/aromatic N) is 3. The molecule has 102 valence electrons. The maximum absolute atomic E-state index is 5.63. The number of anilines is 1. The van der Waals surface area contributed by atoms with Crippen LogP contribution in [0.25, 0.3) is 11.4 Å². The van der Waals surface area contributed by atoms with Gasteiger partial charge in [0.1, 0.15) is 5.82 Å². The minimum absolute atomic E-state index is 0.636. The molecule has 0 bridgehead atoms. The summed E-state index contributed by atoms with van der Waals surface area (Å²) in [5.74, 6) is 1.01. The first kappa shape index (κ1) is 13.6. The highest BCUT2D eigenvalue weighted by Gasteiger charge is 2.12. The highest BCUT2D eigenvalue weighted by Crippen LogP contribution is 2.23. The third-order valence-electron chi connectivity index (χ3n) is 3.50. The van der Waals surface area contributed by atoms with Gasteiger partial charge in [-0.1, -0.05) is 0 Å². The van der Waals surface area contributed by atoms with Gasteiger partial charge in [0.05, 0.1) is 5.69 Å². The lowest BCUT2D eigenvalue weighted by atomic mass is 10.2. The zero-order chi connectivity index (χ0) is 14.0. The molecule has 0 aliphatic heterocycles. The van der Waals surface area contributed by atoms with Crippen molar-refractivity contribution in [1.82, 2.24) is 9.55 Å². The van der Waals surface area contributed by atoms with E-state index in [2.05, 4.69) is 47.7 Å². The first-order valence-corrected chi connectivity index (χ1v) is 6.54. The van der Waals surface area contributed by atoms with Gasteiger partial charge in [-0.2, -0.15) is 0 Å². The smallest absolute Gasteiger partial charge is 0.140 e. The van der Waals surface area contributed by atoms with E-state index in [1.165, 1.54) is 11.4 Å². The predicted molar refractivity (Wildman–Crippen MR) is 80.5 cm³/mol. The minimum Gasteiger partial charge on any atom is -0.378 e. The summed E-state index contributed by atoms with van der Waals surface area (Å²) >= 11 is 0. The van der Waals surface area contributed by atoms with Crippen LogP contribution in [0.15, 0.2) is 24.3 Å². The van der Waals surface area contributed by atoms with Gasteiger partial charge in [0, 0.05) is 44.5 Å². The van der Waals surface area contributed by atoms with Crippen LogP contribution in [0.5, 0.6) is 0 Å². The Labute approximate surface area is 114 Å². The summed E-state index contributed by atoms with van der Waals surface area (Å²) in [4.78, 5) is 6.80. The molecule has 0 aliphatic carbocycles. The van der Waals surface area contributed by atoms with Gasteiger partial charge in [0.25, 0.3) is 0 Å². The van der Waals surface area contributed by atoms with Crippen molar-refractivity contribution >= 4 is 5.69 Å². The Balaban J connectivity index is 2.38. The van der Waals surface area contributed by atoms with E-state index in [-0.39, 0.29) is 0 Å². The van der Waals surface area contributed by atoms with Crippen LogP contribution in [-0.4, -0.2) is 30.2 Å². The van der Waals surface area contributed by atoms with Gasteiger partial charge < -0.3 is 15.2 Å². The normalized spacial score (nSPS) is 10.8. The fourth-order valence-corrected chi connectivity index (χ4v) is 2.18. The van der Waals surface area contributed by atoms with E-state index in [9.17, 15) is 0 Å². The monoisotopic (exact) mass is 258 g/mol. The Bertz CT molecular complexity index is 552. The van der Waals surface area contributed by atoms with Crippen LogP contribution in [-0.2, 0) is 13.5 Å². The summed E-state index contributed by atoms with van der Waals surface area (Å²) in [6, 6.07) is 8.45. The molecule has 2 N–H and O–H groups in total. The van der Waals surface area contributed by atoms with Gasteiger partial charge in [-0.05, 0) is 37.7 Å². The summed E-state index contributed by atoms with van der Waals surface area (Å²) in [6.07, 6.45) is 0.829. The van der Waals surface area contributed by atoms with Gasteiger partial charge in [-0.15, -0.1) is 0 Å². The second kappa shape index (κ2) is 5.45. The summed E-state index contributed by atoms with van der Waals surface area (Å²) in [6.45, 7) is 2.73. The Kier molecular flexibility index (Phi) is 3.90. The van der Waals surface area contributed by atoms with E-state index in [0.717, 1.165) is 23.5 Å². The summed E-state index contributed by atoms with van der Waals surface area (Å²) in [7, 11) is 6.14. The molecular weight excluding hydrogens is 236 g/mol. The number of aromatic nitrogens is 2. The van der Waals surface area contributed by atoms with Crippen molar-refractivity contribution in [2.75, 3.05) is 25.5 Å². The third-order valence-corrected chi connectivity index (χ3v) is 3.50. The lowest BCUT2D eigenvalue weighted by Crippen LogP contribution is -2.08. The third kappa shape index (κ3) is 2.63. The van der Waals surface area contributed by atoms with Crippen molar-refractivity contribution in [3.8, 4) is 11.4 Å². The fourth-order valence-electron chi connectivity index (χ4n) is 2.18. The Morgan fingerprint density at radius 3 is 2.37 bits per heavy atom. The van der Waals surface area contributed by atoms with Gasteiger partial charge in [-0.25, -0.2) is 4.98 Å². The quantitative estimate of drug-likeness (QED) is 0.912. The van der Waals surface area contributed by atoms with Crippen molar-refractivity contribution in [2.24, 2.45) is 12.8 Å². The molecular formula is C15H22N4. The average Bonchev–Trinajstić information content (AvgIpc) is 2.68. The van der Waals surface area contributed by atoms with Gasteiger partial charge in [-0.3, -0.25) is 0 Å². The molecule has 1 heterocycles. The summed E-state index contributed by atoms with van der Waals surface area (Å²) in [5.41, 5.74) is 10.2. The van der Waals surface area contributed by atoms with E-state index in [0.29, 0.717) is 6.54 Å². The number of hydrogen-bond donors (Lipinski definition) is 1. The van der Waals surface area contributed by atoms with Gasteiger partial charge in [0.2, 0.25) is 0 Å². The van der Waals surface area contributed by atoms with Gasteiger partial charge in [0.15, 0.2) is 0 Å². The second-order valence-corrected chi connectivity index (χ2v) is 5.01. The Morgan fingerprint density at radius 2 is 1.84 bits per heavy atom. The number of imidazole rings is 1. The summed E-state index contributed by atoms with van der Waals surface area (Å²) in [5, 5.41) is 0. The molecule has 0 saturated carbocycles. The highest BCUT2D eigenvalue weighted by atomic mass is 15.1. The maximum Gasteiger partial charge on any atom is 0.140 e. The molecule has 0 spiro atoms. The fraction of sp³-hybridized carbons (Fsp3) is 0.400. The van der Waals surface area contributed by atoms with Crippen molar-refractivity contribution in [2.45, 2.75) is 13.3 Å². The molecule has 0 saturated heterocycles. The first-order chi connectivity index (χ1) is 9.04. The van der Waals surface area contributed by atoms with Crippen LogP contribution >= 0.6 is 0 Å². The molecule has 1 aromatic carbocycles. The predicted octanol–water partition coefficient (Wildman–Crippen LogP) is 1.96. The van der Waals surface area contributed by atoms with Crippen molar-refractivity contribution in [1.29, 1.82) is 0 Å². The van der Waals surface area contributed by atoms with E-state index in [1.54, 1.807) is 0 Å². The molecule has 4 heteroatoms. The molecule has 2 rings (SSSR count). The molecule has 0 aliphatic rings. The van der Waals surface area contributed by atoms with Crippen LogP contribution in [0.2, 0.25) is 0 Å². The standard InChI is InChI=1S/C15H22N4/c1-11-14(9-10-16)17-15(19(11)4)12-5-7-13(8-6-12)18(2)3/h5-8H,9-10,16H2,1-4H3. The lowest BCUT2D eigenvalue weighted by molar-refractivity contribution is 0.865. The molecule has 2 aromatic rings. The molecule has 0 radical (unpaired) electrons. The molecule has 0 fully saturated rings. The number of rotatable bonds is 4. The zero-order valence-corrected chi connectivity index (χ0v) is 12.1. The molecule has 0 amide bonds. The van der Waals surface area contributed by atoms with Crippen LogP contribution in [0.3, 0.4) is 0 Å². The minimum atomic E-state index is 0.636. The van der Waals surface area contributed by atoms with E-state index in [4.69, 9.17) is 10.7 Å². The lowest BCUT2D eigenvalue weighted by Gasteiger charge is -2.12. The van der Waals surface area contributed by atoms with Crippen molar-refractivity contribution < 1.29 is 0 Å². The van der Waals surface area contributed by atoms with E-state index in [1.807, 2.05) is 14.1 Å². The molecule has 1 aromatic heterocycles. The molecule has 4 nitrogen and oxygen atoms in total. The zero-order valence-electron chi connectivity index (χ0n) is 12.1. The van der Waals surface area contributed by atoms with Crippen LogP contribution in [0, 0.1) is 6.92 Å². The van der Waals surface area contributed by atoms with E-state index < -0.39 is 0 Å². The van der Waals surface area contributed by atoms with Crippen molar-refractivity contribution in [3.05, 3.63) is 35.7 Å². The number of nitrogens with two attached hydrogens (primary N) is 1. The largest absolute Gasteiger partial charge is 0.378 e.